The van der Waals surface area contributed by atoms with E-state index in [0.29, 0.717) is 0 Å². The molecule has 0 aromatic rings. The maximum absolute atomic E-state index is 3.42. The average Bonchev–Trinajstić information content (AvgIpc) is 1.92. The molecule has 3 rings (SSSR count). The molecule has 8 heavy (non-hydrogen) atoms. The number of hydrogen-bond donors (Lipinski definition) is 2. The van der Waals surface area contributed by atoms with Gasteiger partial charge in [-0.2, -0.15) is 0 Å². The lowest BCUT2D eigenvalue weighted by atomic mass is 9.96. The van der Waals surface area contributed by atoms with Crippen LogP contribution >= 0.6 is 0 Å². The van der Waals surface area contributed by atoms with Crippen molar-refractivity contribution < 1.29 is 0 Å². The topological polar surface area (TPSA) is 24.1 Å². The van der Waals surface area contributed by atoms with Crippen molar-refractivity contribution in [1.82, 2.24) is 10.6 Å². The lowest BCUT2D eigenvalue weighted by Crippen LogP contribution is -2.54. The highest BCUT2D eigenvalue weighted by molar-refractivity contribution is 5.02. The summed E-state index contributed by atoms with van der Waals surface area (Å²) in [5.74, 6) is 0. The highest BCUT2D eigenvalue weighted by Gasteiger charge is 2.26. The molecule has 0 aliphatic carbocycles. The van der Waals surface area contributed by atoms with Gasteiger partial charge in [-0.3, -0.25) is 0 Å². The second-order valence-corrected chi connectivity index (χ2v) is 2.60. The molecule has 1 atom stereocenters. The van der Waals surface area contributed by atoms with Crippen molar-refractivity contribution >= 4 is 0 Å². The van der Waals surface area contributed by atoms with Crippen molar-refractivity contribution in [2.75, 3.05) is 13.1 Å². The number of rotatable bonds is 0. The standard InChI is InChI=1S/C6H11N2/c1-2-6-4-7-5(1)3-8-6/h5,7-8H,1-4H2. The van der Waals surface area contributed by atoms with E-state index in [1.807, 2.05) is 0 Å². The largest absolute Gasteiger partial charge is 0.311 e. The Morgan fingerprint density at radius 2 is 2.50 bits per heavy atom. The minimum atomic E-state index is 0.771. The van der Waals surface area contributed by atoms with E-state index < -0.39 is 0 Å². The van der Waals surface area contributed by atoms with Gasteiger partial charge in [0.15, 0.2) is 0 Å². The molecule has 2 heteroatoms. The van der Waals surface area contributed by atoms with Crippen LogP contribution in [-0.2, 0) is 0 Å². The Morgan fingerprint density at radius 1 is 1.50 bits per heavy atom. The van der Waals surface area contributed by atoms with Crippen LogP contribution in [0.1, 0.15) is 12.8 Å². The van der Waals surface area contributed by atoms with Gasteiger partial charge in [0, 0.05) is 19.1 Å². The van der Waals surface area contributed by atoms with Gasteiger partial charge in [0.1, 0.15) is 0 Å². The Labute approximate surface area is 49.7 Å². The summed E-state index contributed by atoms with van der Waals surface area (Å²) < 4.78 is 0. The molecule has 45 valence electrons. The smallest absolute Gasteiger partial charge is 0.0504 e. The van der Waals surface area contributed by atoms with Crippen molar-refractivity contribution in [3.8, 4) is 0 Å². The van der Waals surface area contributed by atoms with Crippen molar-refractivity contribution in [2.24, 2.45) is 0 Å². The van der Waals surface area contributed by atoms with E-state index in [1.54, 1.807) is 0 Å². The van der Waals surface area contributed by atoms with Crippen LogP contribution in [0.2, 0.25) is 0 Å². The van der Waals surface area contributed by atoms with Crippen molar-refractivity contribution in [3.05, 3.63) is 6.04 Å². The third-order valence-electron chi connectivity index (χ3n) is 2.00. The van der Waals surface area contributed by atoms with Gasteiger partial charge in [0.2, 0.25) is 0 Å². The molecule has 0 aromatic heterocycles. The maximum atomic E-state index is 3.42. The predicted molar refractivity (Wildman–Crippen MR) is 32.3 cm³/mol. The van der Waals surface area contributed by atoms with Crippen molar-refractivity contribution in [1.29, 1.82) is 0 Å². The van der Waals surface area contributed by atoms with Crippen LogP contribution in [0.25, 0.3) is 0 Å². The molecular weight excluding hydrogens is 100 g/mol. The lowest BCUT2D eigenvalue weighted by Gasteiger charge is -2.37. The Balaban J connectivity index is 2.03. The highest BCUT2D eigenvalue weighted by Crippen LogP contribution is 2.17. The number of piperidine rings is 2. The molecule has 3 aliphatic heterocycles. The molecule has 3 saturated heterocycles. The summed E-state index contributed by atoms with van der Waals surface area (Å²) in [4.78, 5) is 0. The maximum Gasteiger partial charge on any atom is 0.0504 e. The molecule has 3 heterocycles. The SMILES string of the molecule is C1CC2CN[C]1CN2. The van der Waals surface area contributed by atoms with Gasteiger partial charge in [-0.1, -0.05) is 0 Å². The third-order valence-corrected chi connectivity index (χ3v) is 2.00. The van der Waals surface area contributed by atoms with Crippen LogP contribution in [0.3, 0.4) is 0 Å². The van der Waals surface area contributed by atoms with Crippen molar-refractivity contribution in [2.45, 2.75) is 18.9 Å². The molecule has 3 fully saturated rings. The summed E-state index contributed by atoms with van der Waals surface area (Å²) >= 11 is 0. The van der Waals surface area contributed by atoms with Gasteiger partial charge in [0.05, 0.1) is 6.04 Å². The van der Waals surface area contributed by atoms with E-state index in [1.165, 1.54) is 18.9 Å². The minimum absolute atomic E-state index is 0.771. The van der Waals surface area contributed by atoms with Crippen LogP contribution in [0.5, 0.6) is 0 Å². The molecule has 2 nitrogen and oxygen atoms in total. The molecule has 1 unspecified atom stereocenters. The quantitative estimate of drug-likeness (QED) is 0.455. The first-order valence-corrected chi connectivity index (χ1v) is 3.27. The number of hydrogen-bond acceptors (Lipinski definition) is 2. The molecule has 2 bridgehead atoms. The van der Waals surface area contributed by atoms with Crippen LogP contribution in [-0.4, -0.2) is 19.1 Å². The van der Waals surface area contributed by atoms with E-state index in [9.17, 15) is 0 Å². The third kappa shape index (κ3) is 0.644. The van der Waals surface area contributed by atoms with Gasteiger partial charge >= 0.3 is 0 Å². The number of piperazine rings is 1. The second-order valence-electron chi connectivity index (χ2n) is 2.60. The fourth-order valence-electron chi connectivity index (χ4n) is 1.40. The normalized spacial score (nSPS) is 38.2. The van der Waals surface area contributed by atoms with E-state index in [-0.39, 0.29) is 0 Å². The van der Waals surface area contributed by atoms with Crippen LogP contribution in [0.15, 0.2) is 0 Å². The lowest BCUT2D eigenvalue weighted by molar-refractivity contribution is 0.319. The van der Waals surface area contributed by atoms with Gasteiger partial charge in [-0.05, 0) is 12.8 Å². The molecule has 3 aliphatic rings. The summed E-state index contributed by atoms with van der Waals surface area (Å²) in [5.41, 5.74) is 0. The Hall–Kier alpha value is -0.0800. The van der Waals surface area contributed by atoms with E-state index in [2.05, 4.69) is 10.6 Å². The van der Waals surface area contributed by atoms with Gasteiger partial charge in [0.25, 0.3) is 0 Å². The highest BCUT2D eigenvalue weighted by atomic mass is 15.1. The predicted octanol–water partition coefficient (Wildman–Crippen LogP) is -0.126. The fraction of sp³-hybridized carbons (Fsp3) is 0.833. The molecule has 0 spiro atoms. The van der Waals surface area contributed by atoms with Gasteiger partial charge in [-0.15, -0.1) is 0 Å². The zero-order chi connectivity index (χ0) is 5.40. The van der Waals surface area contributed by atoms with Crippen LogP contribution in [0, 0.1) is 6.04 Å². The molecule has 2 N–H and O–H groups in total. The summed E-state index contributed by atoms with van der Waals surface area (Å²) in [6.07, 6.45) is 2.65. The Kier molecular flexibility index (Phi) is 1.02. The van der Waals surface area contributed by atoms with Gasteiger partial charge < -0.3 is 10.6 Å². The first-order valence-electron chi connectivity index (χ1n) is 3.27. The Morgan fingerprint density at radius 3 is 2.62 bits per heavy atom. The van der Waals surface area contributed by atoms with Crippen LogP contribution in [0.4, 0.5) is 0 Å². The zero-order valence-corrected chi connectivity index (χ0v) is 4.91. The van der Waals surface area contributed by atoms with Crippen LogP contribution < -0.4 is 10.6 Å². The average molecular weight is 111 g/mol. The minimum Gasteiger partial charge on any atom is -0.311 e. The second kappa shape index (κ2) is 1.71. The van der Waals surface area contributed by atoms with Gasteiger partial charge in [-0.25, -0.2) is 0 Å². The first-order chi connectivity index (χ1) is 3.95. The fourth-order valence-corrected chi connectivity index (χ4v) is 1.40. The summed E-state index contributed by atoms with van der Waals surface area (Å²) in [6, 6.07) is 2.28. The monoisotopic (exact) mass is 111 g/mol. The zero-order valence-electron chi connectivity index (χ0n) is 4.91. The van der Waals surface area contributed by atoms with Crippen molar-refractivity contribution in [3.63, 3.8) is 0 Å². The van der Waals surface area contributed by atoms with E-state index in [0.717, 1.165) is 19.1 Å². The number of nitrogens with one attached hydrogen (secondary N) is 2. The molecule has 1 radical (unpaired) electrons. The molecule has 0 aromatic carbocycles. The summed E-state index contributed by atoms with van der Waals surface area (Å²) in [6.45, 7) is 2.28. The first kappa shape index (κ1) is 4.77. The Bertz CT molecular complexity index is 61.5. The number of fused-ring (bicyclic) bond motifs is 3. The summed E-state index contributed by atoms with van der Waals surface area (Å²) in [7, 11) is 0. The molecule has 0 amide bonds. The van der Waals surface area contributed by atoms with E-state index in [4.69, 9.17) is 0 Å². The molecular formula is C6H11N2. The summed E-state index contributed by atoms with van der Waals surface area (Å²) in [5, 5.41) is 6.79. The van der Waals surface area contributed by atoms with E-state index >= 15 is 0 Å². The molecule has 0 saturated carbocycles.